The molecular weight excluding hydrogens is 120 g/mol. The molecular formula is C10H16. The minimum atomic E-state index is 0.796. The topological polar surface area (TPSA) is 0 Å². The van der Waals surface area contributed by atoms with E-state index < -0.39 is 0 Å². The predicted octanol–water partition coefficient (Wildman–Crippen LogP) is 3.31. The first-order valence-electron chi connectivity index (χ1n) is 4.18. The monoisotopic (exact) mass is 136 g/mol. The molecule has 0 heteroatoms. The minimum Gasteiger partial charge on any atom is -0.0844 e. The summed E-state index contributed by atoms with van der Waals surface area (Å²) in [6, 6.07) is 0. The Kier molecular flexibility index (Phi) is 2.73. The van der Waals surface area contributed by atoms with Crippen LogP contribution in [0.25, 0.3) is 0 Å². The highest BCUT2D eigenvalue weighted by Gasteiger charge is 2.05. The van der Waals surface area contributed by atoms with E-state index in [4.69, 9.17) is 0 Å². The molecule has 0 saturated carbocycles. The van der Waals surface area contributed by atoms with Crippen molar-refractivity contribution < 1.29 is 0 Å². The van der Waals surface area contributed by atoms with Crippen LogP contribution in [0.2, 0.25) is 0 Å². The average molecular weight is 136 g/mol. The lowest BCUT2D eigenvalue weighted by Gasteiger charge is -2.14. The van der Waals surface area contributed by atoms with Crippen LogP contribution in [0.4, 0.5) is 0 Å². The summed E-state index contributed by atoms with van der Waals surface area (Å²) < 4.78 is 0. The first kappa shape index (κ1) is 7.59. The van der Waals surface area contributed by atoms with Gasteiger partial charge in [0.05, 0.1) is 0 Å². The molecule has 1 atom stereocenters. The molecule has 0 aliphatic heterocycles. The van der Waals surface area contributed by atoms with Gasteiger partial charge in [0, 0.05) is 0 Å². The van der Waals surface area contributed by atoms with Gasteiger partial charge in [-0.2, -0.15) is 0 Å². The summed E-state index contributed by atoms with van der Waals surface area (Å²) in [5, 5.41) is 0. The second kappa shape index (κ2) is 3.60. The summed E-state index contributed by atoms with van der Waals surface area (Å²) in [6.45, 7) is 4.56. The van der Waals surface area contributed by atoms with E-state index in [0.29, 0.717) is 0 Å². The van der Waals surface area contributed by atoms with Crippen molar-refractivity contribution in [1.29, 1.82) is 0 Å². The van der Waals surface area contributed by atoms with Crippen molar-refractivity contribution in [1.82, 2.24) is 0 Å². The Morgan fingerprint density at radius 1 is 1.50 bits per heavy atom. The Bertz CT molecular complexity index is 151. The Labute approximate surface area is 63.6 Å². The smallest absolute Gasteiger partial charge is 0.0136 e. The lowest BCUT2D eigenvalue weighted by atomic mass is 9.92. The van der Waals surface area contributed by atoms with Gasteiger partial charge in [0.15, 0.2) is 0 Å². The second-order valence-electron chi connectivity index (χ2n) is 3.00. The molecule has 0 heterocycles. The van der Waals surface area contributed by atoms with Crippen LogP contribution in [0.5, 0.6) is 0 Å². The summed E-state index contributed by atoms with van der Waals surface area (Å²) in [5.41, 5.74) is 1.63. The van der Waals surface area contributed by atoms with Crippen molar-refractivity contribution >= 4 is 0 Å². The van der Waals surface area contributed by atoms with Gasteiger partial charge in [-0.05, 0) is 25.2 Å². The van der Waals surface area contributed by atoms with Crippen LogP contribution in [-0.4, -0.2) is 0 Å². The van der Waals surface area contributed by atoms with Crippen LogP contribution in [0.15, 0.2) is 23.8 Å². The summed E-state index contributed by atoms with van der Waals surface area (Å²) in [5.74, 6) is 0.796. The van der Waals surface area contributed by atoms with Crippen LogP contribution < -0.4 is 0 Å². The second-order valence-corrected chi connectivity index (χ2v) is 3.00. The molecule has 0 spiro atoms. The van der Waals surface area contributed by atoms with Crippen LogP contribution in [0, 0.1) is 5.92 Å². The molecule has 0 radical (unpaired) electrons. The zero-order valence-electron chi connectivity index (χ0n) is 6.93. The van der Waals surface area contributed by atoms with Gasteiger partial charge < -0.3 is 0 Å². The number of hydrogen-bond donors (Lipinski definition) is 0. The van der Waals surface area contributed by atoms with Gasteiger partial charge in [0.1, 0.15) is 0 Å². The third-order valence-corrected chi connectivity index (χ3v) is 2.28. The maximum atomic E-state index is 2.37. The van der Waals surface area contributed by atoms with Crippen molar-refractivity contribution in [2.24, 2.45) is 5.92 Å². The molecule has 0 nitrogen and oxygen atoms in total. The van der Waals surface area contributed by atoms with E-state index in [9.17, 15) is 0 Å². The van der Waals surface area contributed by atoms with Crippen LogP contribution in [0.1, 0.15) is 33.1 Å². The van der Waals surface area contributed by atoms with E-state index in [1.807, 2.05) is 0 Å². The minimum absolute atomic E-state index is 0.796. The van der Waals surface area contributed by atoms with Crippen molar-refractivity contribution in [2.45, 2.75) is 33.1 Å². The number of rotatable bonds is 2. The van der Waals surface area contributed by atoms with Crippen molar-refractivity contribution in [3.63, 3.8) is 0 Å². The zero-order valence-corrected chi connectivity index (χ0v) is 6.93. The molecule has 0 aromatic carbocycles. The fourth-order valence-corrected chi connectivity index (χ4v) is 1.28. The lowest BCUT2D eigenvalue weighted by molar-refractivity contribution is 0.636. The Hall–Kier alpha value is -0.520. The molecule has 0 amide bonds. The van der Waals surface area contributed by atoms with Gasteiger partial charge in [0.2, 0.25) is 0 Å². The molecule has 0 saturated heterocycles. The molecule has 1 aliphatic rings. The fraction of sp³-hybridized carbons (Fsp3) is 0.600. The third kappa shape index (κ3) is 1.73. The van der Waals surface area contributed by atoms with Gasteiger partial charge in [-0.3, -0.25) is 0 Å². The van der Waals surface area contributed by atoms with E-state index >= 15 is 0 Å². The van der Waals surface area contributed by atoms with E-state index in [1.165, 1.54) is 12.8 Å². The van der Waals surface area contributed by atoms with Gasteiger partial charge >= 0.3 is 0 Å². The molecule has 1 rings (SSSR count). The molecule has 1 aliphatic carbocycles. The molecule has 0 fully saturated rings. The SMILES string of the molecule is CCC(C)C1=CCC=CC1. The van der Waals surface area contributed by atoms with Gasteiger partial charge in [-0.15, -0.1) is 0 Å². The number of allylic oxidation sites excluding steroid dienone is 4. The largest absolute Gasteiger partial charge is 0.0844 e. The lowest BCUT2D eigenvalue weighted by Crippen LogP contribution is -1.98. The van der Waals surface area contributed by atoms with E-state index in [0.717, 1.165) is 12.3 Å². The van der Waals surface area contributed by atoms with Crippen LogP contribution in [-0.2, 0) is 0 Å². The van der Waals surface area contributed by atoms with Crippen molar-refractivity contribution in [2.75, 3.05) is 0 Å². The van der Waals surface area contributed by atoms with Crippen LogP contribution >= 0.6 is 0 Å². The Balaban J connectivity index is 2.47. The summed E-state index contributed by atoms with van der Waals surface area (Å²) in [4.78, 5) is 0. The highest BCUT2D eigenvalue weighted by Crippen LogP contribution is 2.21. The molecule has 56 valence electrons. The van der Waals surface area contributed by atoms with Crippen molar-refractivity contribution in [3.05, 3.63) is 23.8 Å². The predicted molar refractivity (Wildman–Crippen MR) is 45.9 cm³/mol. The van der Waals surface area contributed by atoms with Crippen LogP contribution in [0.3, 0.4) is 0 Å². The van der Waals surface area contributed by atoms with E-state index in [2.05, 4.69) is 32.1 Å². The maximum absolute atomic E-state index is 2.37. The first-order chi connectivity index (χ1) is 4.84. The van der Waals surface area contributed by atoms with E-state index in [-0.39, 0.29) is 0 Å². The van der Waals surface area contributed by atoms with Gasteiger partial charge in [0.25, 0.3) is 0 Å². The van der Waals surface area contributed by atoms with Gasteiger partial charge in [-0.1, -0.05) is 37.6 Å². The normalized spacial score (nSPS) is 20.4. The first-order valence-corrected chi connectivity index (χ1v) is 4.18. The quantitative estimate of drug-likeness (QED) is 0.511. The molecule has 0 aromatic rings. The highest BCUT2D eigenvalue weighted by atomic mass is 14.1. The maximum Gasteiger partial charge on any atom is -0.0136 e. The zero-order chi connectivity index (χ0) is 7.40. The molecule has 0 N–H and O–H groups in total. The van der Waals surface area contributed by atoms with E-state index in [1.54, 1.807) is 5.57 Å². The third-order valence-electron chi connectivity index (χ3n) is 2.28. The Morgan fingerprint density at radius 2 is 2.30 bits per heavy atom. The average Bonchev–Trinajstić information content (AvgIpc) is 2.05. The van der Waals surface area contributed by atoms with Crippen molar-refractivity contribution in [3.8, 4) is 0 Å². The summed E-state index contributed by atoms with van der Waals surface area (Å²) >= 11 is 0. The fourth-order valence-electron chi connectivity index (χ4n) is 1.28. The summed E-state index contributed by atoms with van der Waals surface area (Å²) in [7, 11) is 0. The van der Waals surface area contributed by atoms with Gasteiger partial charge in [-0.25, -0.2) is 0 Å². The molecule has 0 bridgehead atoms. The standard InChI is InChI=1S/C10H16/c1-3-9(2)10-7-5-4-6-8-10/h4-5,8-9H,3,6-7H2,1-2H3. The molecule has 0 aromatic heterocycles. The summed E-state index contributed by atoms with van der Waals surface area (Å²) in [6.07, 6.45) is 10.5. The molecule has 10 heavy (non-hydrogen) atoms. The molecule has 1 unspecified atom stereocenters. The highest BCUT2D eigenvalue weighted by molar-refractivity contribution is 5.16. The number of hydrogen-bond acceptors (Lipinski definition) is 0. The Morgan fingerprint density at radius 3 is 2.80 bits per heavy atom.